The van der Waals surface area contributed by atoms with Crippen LogP contribution in [0, 0.1) is 0 Å². The Morgan fingerprint density at radius 3 is 2.52 bits per heavy atom. The van der Waals surface area contributed by atoms with Crippen LogP contribution in [-0.4, -0.2) is 25.9 Å². The summed E-state index contributed by atoms with van der Waals surface area (Å²) < 4.78 is 8.18. The number of nitrogens with one attached hydrogen (secondary N) is 1. The van der Waals surface area contributed by atoms with Gasteiger partial charge in [-0.25, -0.2) is 9.31 Å². The van der Waals surface area contributed by atoms with Gasteiger partial charge in [0.15, 0.2) is 5.82 Å². The minimum Gasteiger partial charge on any atom is -0.444 e. The van der Waals surface area contributed by atoms with Gasteiger partial charge in [0.2, 0.25) is 0 Å². The van der Waals surface area contributed by atoms with Crippen molar-refractivity contribution in [1.29, 1.82) is 0 Å². The number of halogens is 1. The fourth-order valence-corrected chi connectivity index (χ4v) is 2.93. The average Bonchev–Trinajstić information content (AvgIpc) is 2.95. The second kappa shape index (κ2) is 7.08. The summed E-state index contributed by atoms with van der Waals surface area (Å²) in [5.41, 5.74) is -0.0517. The minimum absolute atomic E-state index is 0.272. The SMILES string of the molecule is C[C@H](NC(=O)OC(C)(C)C)c1nn2ccc(Cl)c2c(=O)n1-c1ccccc1. The van der Waals surface area contributed by atoms with Crippen LogP contribution in [0.5, 0.6) is 0 Å². The molecule has 1 aromatic carbocycles. The van der Waals surface area contributed by atoms with E-state index in [1.54, 1.807) is 52.1 Å². The van der Waals surface area contributed by atoms with Crippen molar-refractivity contribution in [3.63, 3.8) is 0 Å². The van der Waals surface area contributed by atoms with Gasteiger partial charge in [0.25, 0.3) is 5.56 Å². The summed E-state index contributed by atoms with van der Waals surface area (Å²) in [4.78, 5) is 25.3. The molecule has 1 N–H and O–H groups in total. The number of ether oxygens (including phenoxy) is 1. The highest BCUT2D eigenvalue weighted by Crippen LogP contribution is 2.19. The normalized spacial score (nSPS) is 12.8. The summed E-state index contributed by atoms with van der Waals surface area (Å²) >= 11 is 6.16. The van der Waals surface area contributed by atoms with E-state index in [4.69, 9.17) is 16.3 Å². The van der Waals surface area contributed by atoms with Crippen LogP contribution in [0.3, 0.4) is 0 Å². The first-order valence-corrected chi connectivity index (χ1v) is 8.90. The molecule has 0 bridgehead atoms. The molecule has 0 saturated carbocycles. The molecule has 1 amide bonds. The Balaban J connectivity index is 2.11. The number of rotatable bonds is 3. The number of hydrogen-bond donors (Lipinski definition) is 1. The Labute approximate surface area is 161 Å². The van der Waals surface area contributed by atoms with E-state index < -0.39 is 17.7 Å². The predicted octanol–water partition coefficient (Wildman–Crippen LogP) is 3.72. The van der Waals surface area contributed by atoms with E-state index in [9.17, 15) is 9.59 Å². The molecule has 0 aliphatic heterocycles. The van der Waals surface area contributed by atoms with Gasteiger partial charge >= 0.3 is 6.09 Å². The minimum atomic E-state index is -0.631. The molecule has 142 valence electrons. The van der Waals surface area contributed by atoms with E-state index in [0.29, 0.717) is 16.5 Å². The van der Waals surface area contributed by atoms with Gasteiger partial charge in [-0.2, -0.15) is 5.10 Å². The van der Waals surface area contributed by atoms with Gasteiger partial charge in [-0.05, 0) is 45.9 Å². The van der Waals surface area contributed by atoms with Crippen LogP contribution in [0.25, 0.3) is 11.2 Å². The Morgan fingerprint density at radius 1 is 1.22 bits per heavy atom. The number of carbonyl (C=O) groups is 1. The van der Waals surface area contributed by atoms with Crippen molar-refractivity contribution in [3.05, 3.63) is 63.8 Å². The van der Waals surface area contributed by atoms with Gasteiger partial charge in [-0.1, -0.05) is 29.8 Å². The van der Waals surface area contributed by atoms with E-state index in [1.807, 2.05) is 18.2 Å². The van der Waals surface area contributed by atoms with E-state index in [2.05, 4.69) is 10.4 Å². The van der Waals surface area contributed by atoms with Crippen molar-refractivity contribution in [1.82, 2.24) is 19.5 Å². The smallest absolute Gasteiger partial charge is 0.408 e. The lowest BCUT2D eigenvalue weighted by Gasteiger charge is -2.23. The van der Waals surface area contributed by atoms with Gasteiger partial charge in [0, 0.05) is 6.20 Å². The first kappa shape index (κ1) is 19.0. The first-order valence-electron chi connectivity index (χ1n) is 8.52. The number of hydrogen-bond acceptors (Lipinski definition) is 4. The molecule has 0 saturated heterocycles. The van der Waals surface area contributed by atoms with E-state index in [-0.39, 0.29) is 11.1 Å². The number of benzene rings is 1. The monoisotopic (exact) mass is 388 g/mol. The second-order valence-electron chi connectivity index (χ2n) is 7.16. The second-order valence-corrected chi connectivity index (χ2v) is 7.57. The molecule has 0 spiro atoms. The number of alkyl carbamates (subject to hydrolysis) is 1. The average molecular weight is 389 g/mol. The third-order valence-corrected chi connectivity index (χ3v) is 4.10. The van der Waals surface area contributed by atoms with E-state index >= 15 is 0 Å². The zero-order chi connectivity index (χ0) is 19.8. The molecule has 0 aliphatic rings. The van der Waals surface area contributed by atoms with Crippen LogP contribution in [0.15, 0.2) is 47.4 Å². The molecule has 0 aliphatic carbocycles. The maximum atomic E-state index is 13.1. The Bertz CT molecular complexity index is 1030. The van der Waals surface area contributed by atoms with E-state index in [0.717, 1.165) is 0 Å². The van der Waals surface area contributed by atoms with Crippen molar-refractivity contribution in [2.45, 2.75) is 39.3 Å². The lowest BCUT2D eigenvalue weighted by molar-refractivity contribution is 0.0505. The van der Waals surface area contributed by atoms with Gasteiger partial charge in [0.05, 0.1) is 16.8 Å². The summed E-state index contributed by atoms with van der Waals surface area (Å²) in [5, 5.41) is 7.56. The van der Waals surface area contributed by atoms with Gasteiger partial charge in [-0.3, -0.25) is 9.36 Å². The Kier molecular flexibility index (Phi) is 4.97. The van der Waals surface area contributed by atoms with Crippen molar-refractivity contribution < 1.29 is 9.53 Å². The quantitative estimate of drug-likeness (QED) is 0.741. The summed E-state index contributed by atoms with van der Waals surface area (Å²) in [6, 6.07) is 10.1. The summed E-state index contributed by atoms with van der Waals surface area (Å²) in [7, 11) is 0. The molecule has 2 aromatic heterocycles. The summed E-state index contributed by atoms with van der Waals surface area (Å²) in [6.45, 7) is 7.08. The van der Waals surface area contributed by atoms with Crippen LogP contribution >= 0.6 is 11.6 Å². The molecular weight excluding hydrogens is 368 g/mol. The zero-order valence-electron chi connectivity index (χ0n) is 15.6. The Morgan fingerprint density at radius 2 is 1.89 bits per heavy atom. The topological polar surface area (TPSA) is 77.6 Å². The van der Waals surface area contributed by atoms with Crippen LogP contribution in [0.4, 0.5) is 4.79 Å². The maximum Gasteiger partial charge on any atom is 0.408 e. The standard InChI is InChI=1S/C19H21ClN4O3/c1-12(21-18(26)27-19(2,3)4)16-22-23-11-10-14(20)15(23)17(25)24(16)13-8-6-5-7-9-13/h5-12H,1-4H3,(H,21,26)/t12-/m0/s1. The molecule has 3 rings (SSSR count). The molecule has 27 heavy (non-hydrogen) atoms. The first-order chi connectivity index (χ1) is 12.7. The van der Waals surface area contributed by atoms with Crippen molar-refractivity contribution in [2.24, 2.45) is 0 Å². The number of nitrogens with zero attached hydrogens (tertiary/aromatic N) is 3. The lowest BCUT2D eigenvalue weighted by atomic mass is 10.2. The predicted molar refractivity (Wildman–Crippen MR) is 104 cm³/mol. The highest BCUT2D eigenvalue weighted by atomic mass is 35.5. The van der Waals surface area contributed by atoms with Crippen LogP contribution in [-0.2, 0) is 4.74 Å². The molecule has 3 aromatic rings. The molecular formula is C19H21ClN4O3. The zero-order valence-corrected chi connectivity index (χ0v) is 16.3. The molecule has 8 heteroatoms. The fourth-order valence-electron chi connectivity index (χ4n) is 2.70. The van der Waals surface area contributed by atoms with Gasteiger partial charge in [-0.15, -0.1) is 0 Å². The highest BCUT2D eigenvalue weighted by Gasteiger charge is 2.23. The van der Waals surface area contributed by atoms with Crippen molar-refractivity contribution in [3.8, 4) is 5.69 Å². The maximum absolute atomic E-state index is 13.1. The number of para-hydroxylation sites is 1. The fraction of sp³-hybridized carbons (Fsp3) is 0.316. The molecule has 1 atom stereocenters. The third kappa shape index (κ3) is 3.98. The molecule has 0 fully saturated rings. The number of fused-ring (bicyclic) bond motifs is 1. The lowest BCUT2D eigenvalue weighted by Crippen LogP contribution is -2.37. The van der Waals surface area contributed by atoms with Gasteiger partial charge < -0.3 is 10.1 Å². The largest absolute Gasteiger partial charge is 0.444 e. The highest BCUT2D eigenvalue weighted by molar-refractivity contribution is 6.33. The van der Waals surface area contributed by atoms with Crippen LogP contribution < -0.4 is 10.9 Å². The summed E-state index contributed by atoms with van der Waals surface area (Å²) in [6.07, 6.45) is 1.02. The third-order valence-electron chi connectivity index (χ3n) is 3.80. The van der Waals surface area contributed by atoms with Crippen molar-refractivity contribution >= 4 is 23.2 Å². The number of aromatic nitrogens is 3. The number of carbonyl (C=O) groups excluding carboxylic acids is 1. The number of amides is 1. The van der Waals surface area contributed by atoms with Crippen LogP contribution in [0.1, 0.15) is 39.6 Å². The summed E-state index contributed by atoms with van der Waals surface area (Å²) in [5.74, 6) is 0.358. The molecule has 0 unspecified atom stereocenters. The van der Waals surface area contributed by atoms with E-state index in [1.165, 1.54) is 9.08 Å². The Hall–Kier alpha value is -2.80. The molecule has 2 heterocycles. The van der Waals surface area contributed by atoms with Crippen molar-refractivity contribution in [2.75, 3.05) is 0 Å². The van der Waals surface area contributed by atoms with Crippen LogP contribution in [0.2, 0.25) is 5.02 Å². The van der Waals surface area contributed by atoms with Gasteiger partial charge in [0.1, 0.15) is 11.1 Å². The molecule has 7 nitrogen and oxygen atoms in total. The molecule has 0 radical (unpaired) electrons.